The van der Waals surface area contributed by atoms with E-state index in [1.165, 1.54) is 0 Å². The van der Waals surface area contributed by atoms with Crippen LogP contribution in [0.4, 0.5) is 0 Å². The Bertz CT molecular complexity index is 1400. The van der Waals surface area contributed by atoms with E-state index in [1.54, 1.807) is 0 Å². The molecule has 63 heavy (non-hydrogen) atoms. The molecule has 368 valence electrons. The van der Waals surface area contributed by atoms with Gasteiger partial charge < -0.3 is 144 Å². The fourth-order valence-corrected chi connectivity index (χ4v) is 7.91. The second-order valence-electron chi connectivity index (χ2n) is 15.9. The van der Waals surface area contributed by atoms with Crippen LogP contribution in [-0.4, -0.2) is 304 Å². The molecule has 0 saturated carbocycles. The molecule has 18 N–H and O–H groups in total. The van der Waals surface area contributed by atoms with Crippen molar-refractivity contribution in [2.45, 2.75) is 172 Å². The van der Waals surface area contributed by atoms with Crippen molar-refractivity contribution in [2.75, 3.05) is 39.6 Å². The Morgan fingerprint density at radius 3 is 1.16 bits per heavy atom. The summed E-state index contributed by atoms with van der Waals surface area (Å²) in [5, 5.41) is 187. The van der Waals surface area contributed by atoms with Crippen molar-refractivity contribution in [2.24, 2.45) is 0 Å². The van der Waals surface area contributed by atoms with Gasteiger partial charge in [0.15, 0.2) is 37.7 Å². The number of ether oxygens (including phenoxy) is 11. The summed E-state index contributed by atoms with van der Waals surface area (Å²) >= 11 is 0. The fraction of sp³-hybridized carbons (Fsp3) is 1.00. The lowest BCUT2D eigenvalue weighted by molar-refractivity contribution is -0.388. The Morgan fingerprint density at radius 1 is 0.333 bits per heavy atom. The molecule has 0 amide bonds. The first-order valence-electron chi connectivity index (χ1n) is 20.0. The van der Waals surface area contributed by atoms with Crippen molar-refractivity contribution in [3.8, 4) is 0 Å². The van der Waals surface area contributed by atoms with Gasteiger partial charge in [0.05, 0.1) is 39.6 Å². The van der Waals surface area contributed by atoms with Gasteiger partial charge in [0, 0.05) is 0 Å². The summed E-state index contributed by atoms with van der Waals surface area (Å²) in [6.45, 7) is -4.76. The number of aliphatic hydroxyl groups is 18. The van der Waals surface area contributed by atoms with E-state index >= 15 is 0 Å². The molecular formula is C34H58O29. The largest absolute Gasteiger partial charge is 0.394 e. The zero-order valence-corrected chi connectivity index (χ0v) is 32.9. The van der Waals surface area contributed by atoms with Gasteiger partial charge in [-0.3, -0.25) is 0 Å². The van der Waals surface area contributed by atoms with Crippen LogP contribution in [0, 0.1) is 0 Å². The molecule has 6 heterocycles. The van der Waals surface area contributed by atoms with E-state index in [9.17, 15) is 91.9 Å². The Hall–Kier alpha value is -1.16. The third-order valence-corrected chi connectivity index (χ3v) is 11.7. The van der Waals surface area contributed by atoms with Crippen molar-refractivity contribution in [1.29, 1.82) is 0 Å². The van der Waals surface area contributed by atoms with Gasteiger partial charge in [-0.1, -0.05) is 0 Å². The molecule has 6 aliphatic rings. The van der Waals surface area contributed by atoms with Crippen LogP contribution in [0.3, 0.4) is 0 Å². The number of hydrogen-bond acceptors (Lipinski definition) is 29. The highest BCUT2D eigenvalue weighted by Gasteiger charge is 2.56. The maximum Gasteiger partial charge on any atom is 0.187 e. The normalized spacial score (nSPS) is 53.4. The van der Waals surface area contributed by atoms with E-state index in [2.05, 4.69) is 0 Å². The van der Waals surface area contributed by atoms with E-state index in [1.807, 2.05) is 0 Å². The van der Waals surface area contributed by atoms with Crippen molar-refractivity contribution in [3.05, 3.63) is 0 Å². The molecule has 6 rings (SSSR count). The van der Waals surface area contributed by atoms with Crippen molar-refractivity contribution in [3.63, 3.8) is 0 Å². The lowest BCUT2D eigenvalue weighted by Crippen LogP contribution is -2.67. The van der Waals surface area contributed by atoms with Crippen LogP contribution in [0.15, 0.2) is 0 Å². The summed E-state index contributed by atoms with van der Waals surface area (Å²) in [5.41, 5.74) is 0. The zero-order chi connectivity index (χ0) is 46.2. The summed E-state index contributed by atoms with van der Waals surface area (Å²) in [4.78, 5) is 0. The quantitative estimate of drug-likeness (QED) is 0.0725. The molecular weight excluding hydrogens is 872 g/mol. The molecule has 0 aromatic heterocycles. The van der Waals surface area contributed by atoms with Crippen LogP contribution in [0.5, 0.6) is 0 Å². The molecule has 29 heteroatoms. The highest BCUT2D eigenvalue weighted by Crippen LogP contribution is 2.35. The minimum Gasteiger partial charge on any atom is -0.394 e. The lowest BCUT2D eigenvalue weighted by atomic mass is 9.95. The molecule has 6 aliphatic heterocycles. The molecule has 0 spiro atoms. The minimum atomic E-state index is -2.14. The SMILES string of the molecule is OC[C@@H]1O[C@@H](O[C@H]2[C@@H](OC[C@H]3O[C@@H](O[C@H]4[C@H](O)[C@@H](O)[C@H](O[C@H]5[C@H](O)[C@@H](O)[C@H](O[C@H]6[C@H](O)[C@@H](O)C(O)O[C@@H]6CO)O[C@@H]5CO)O[C@@H]4CO)[C@H](O)[C@@H](O)[C@@H]3O)OC[C@@H](O)[C@@H]2O)[C@H](O)[C@H]1O. The summed E-state index contributed by atoms with van der Waals surface area (Å²) in [7, 11) is 0. The van der Waals surface area contributed by atoms with E-state index in [4.69, 9.17) is 52.1 Å². The van der Waals surface area contributed by atoms with E-state index in [0.717, 1.165) is 0 Å². The molecule has 0 aromatic carbocycles. The van der Waals surface area contributed by atoms with Crippen molar-refractivity contribution in [1.82, 2.24) is 0 Å². The first-order valence-corrected chi connectivity index (χ1v) is 20.0. The minimum absolute atomic E-state index is 0.508. The first-order chi connectivity index (χ1) is 29.9. The number of aliphatic hydroxyl groups excluding tert-OH is 18. The smallest absolute Gasteiger partial charge is 0.187 e. The highest BCUT2D eigenvalue weighted by atomic mass is 16.8. The predicted molar refractivity (Wildman–Crippen MR) is 187 cm³/mol. The molecule has 0 radical (unpaired) electrons. The standard InChI is InChI=1S/C34H58O29/c35-1-8-14(41)21(48)30(56-8)63-28-13(40)7(39)5-53-34(28)54-6-12-15(42)16(43)22(49)31(59-12)61-26-10(3-37)58-33(24(51)18(26)45)62-27-11(4-38)57-32(23(50)19(27)46)60-25-9(2-36)55-29(52)20(47)17(25)44/h7-52H,1-6H2/t7-,8+,9-,10-,11-,12-,13+,14+,15-,16+,17-,18-,19-,20-,21-,22-,23-,24-,25-,26-,27-,28-,29?,30+,31+,32+,33+,34-/m1/s1. The van der Waals surface area contributed by atoms with Crippen LogP contribution in [0.2, 0.25) is 0 Å². The molecule has 6 saturated heterocycles. The summed E-state index contributed by atoms with van der Waals surface area (Å²) < 4.78 is 60.5. The van der Waals surface area contributed by atoms with E-state index in [0.29, 0.717) is 0 Å². The first kappa shape index (κ1) is 51.2. The Morgan fingerprint density at radius 2 is 0.698 bits per heavy atom. The third kappa shape index (κ3) is 10.6. The molecule has 0 bridgehead atoms. The summed E-state index contributed by atoms with van der Waals surface area (Å²) in [5.74, 6) is 0. The van der Waals surface area contributed by atoms with E-state index < -0.39 is 212 Å². The molecule has 29 nitrogen and oxygen atoms in total. The zero-order valence-electron chi connectivity index (χ0n) is 32.9. The fourth-order valence-electron chi connectivity index (χ4n) is 7.91. The van der Waals surface area contributed by atoms with Crippen molar-refractivity contribution >= 4 is 0 Å². The number of hydrogen-bond donors (Lipinski definition) is 18. The second kappa shape index (κ2) is 21.9. The highest BCUT2D eigenvalue weighted by molar-refractivity contribution is 4.98. The monoisotopic (exact) mass is 930 g/mol. The molecule has 6 fully saturated rings. The molecule has 1 unspecified atom stereocenters. The van der Waals surface area contributed by atoms with Crippen LogP contribution in [0.1, 0.15) is 0 Å². The molecule has 0 aliphatic carbocycles. The van der Waals surface area contributed by atoms with Gasteiger partial charge in [0.2, 0.25) is 0 Å². The topological polar surface area (TPSA) is 466 Å². The summed E-state index contributed by atoms with van der Waals surface area (Å²) in [6, 6.07) is 0. The van der Waals surface area contributed by atoms with E-state index in [-0.39, 0.29) is 0 Å². The van der Waals surface area contributed by atoms with Gasteiger partial charge in [-0.2, -0.15) is 0 Å². The third-order valence-electron chi connectivity index (χ3n) is 11.7. The number of rotatable bonds is 15. The van der Waals surface area contributed by atoms with Gasteiger partial charge in [0.25, 0.3) is 0 Å². The Labute approximate surface area is 355 Å². The molecule has 28 atom stereocenters. The van der Waals surface area contributed by atoms with Gasteiger partial charge in [-0.05, 0) is 0 Å². The lowest BCUT2D eigenvalue weighted by Gasteiger charge is -2.49. The predicted octanol–water partition coefficient (Wildman–Crippen LogP) is -12.8. The maximum atomic E-state index is 11.2. The van der Waals surface area contributed by atoms with Crippen LogP contribution in [-0.2, 0) is 52.1 Å². The van der Waals surface area contributed by atoms with Gasteiger partial charge in [-0.25, -0.2) is 0 Å². The summed E-state index contributed by atoms with van der Waals surface area (Å²) in [6.07, 6.45) is -50.3. The van der Waals surface area contributed by atoms with Gasteiger partial charge in [0.1, 0.15) is 134 Å². The van der Waals surface area contributed by atoms with Crippen LogP contribution in [0.25, 0.3) is 0 Å². The Kier molecular flexibility index (Phi) is 17.8. The Balaban J connectivity index is 1.08. The average Bonchev–Trinajstić information content (AvgIpc) is 3.55. The van der Waals surface area contributed by atoms with Gasteiger partial charge in [-0.15, -0.1) is 0 Å². The maximum absolute atomic E-state index is 11.2. The second-order valence-corrected chi connectivity index (χ2v) is 15.9. The van der Waals surface area contributed by atoms with Crippen LogP contribution >= 0.6 is 0 Å². The van der Waals surface area contributed by atoms with Crippen LogP contribution < -0.4 is 0 Å². The average molecular weight is 931 g/mol. The molecule has 0 aromatic rings. The van der Waals surface area contributed by atoms with Gasteiger partial charge >= 0.3 is 0 Å². The van der Waals surface area contributed by atoms with Crippen molar-refractivity contribution < 1.29 is 144 Å².